The molecular weight excluding hydrogens is 223 g/mol. The molecule has 2 aromatic rings. The van der Waals surface area contributed by atoms with Crippen molar-refractivity contribution in [3.63, 3.8) is 0 Å². The fourth-order valence-corrected chi connectivity index (χ4v) is 2.10. The fraction of sp³-hybridized carbons (Fsp3) is 0.294. The Bertz CT molecular complexity index is 518. The maximum Gasteiger partial charge on any atom is 0.123 e. The van der Waals surface area contributed by atoms with E-state index in [-0.39, 0.29) is 5.82 Å². The molecule has 0 amide bonds. The van der Waals surface area contributed by atoms with Crippen molar-refractivity contribution < 1.29 is 4.39 Å². The molecule has 2 aromatic carbocycles. The van der Waals surface area contributed by atoms with E-state index in [1.807, 2.05) is 6.07 Å². The second-order valence-electron chi connectivity index (χ2n) is 5.94. The van der Waals surface area contributed by atoms with Gasteiger partial charge in [-0.15, -0.1) is 0 Å². The zero-order valence-corrected chi connectivity index (χ0v) is 11.2. The van der Waals surface area contributed by atoms with Crippen LogP contribution >= 0.6 is 0 Å². The summed E-state index contributed by atoms with van der Waals surface area (Å²) in [6.07, 6.45) is 1.05. The highest BCUT2D eigenvalue weighted by Crippen LogP contribution is 2.24. The lowest BCUT2D eigenvalue weighted by Gasteiger charge is -2.18. The molecule has 0 heterocycles. The lowest BCUT2D eigenvalue weighted by Crippen LogP contribution is -2.08. The zero-order valence-electron chi connectivity index (χ0n) is 11.2. The molecule has 0 saturated heterocycles. The van der Waals surface area contributed by atoms with Crippen molar-refractivity contribution in [1.29, 1.82) is 0 Å². The molecule has 94 valence electrons. The maximum atomic E-state index is 13.2. The van der Waals surface area contributed by atoms with Gasteiger partial charge in [0, 0.05) is 0 Å². The first-order valence-corrected chi connectivity index (χ1v) is 6.29. The summed E-state index contributed by atoms with van der Waals surface area (Å²) < 4.78 is 13.2. The summed E-state index contributed by atoms with van der Waals surface area (Å²) in [5.41, 5.74) is 3.60. The SMILES string of the molecule is CC(C)(C)Cc1ccc(-c2cccc(F)c2)cc1. The van der Waals surface area contributed by atoms with Gasteiger partial charge in [0.25, 0.3) is 0 Å². The lowest BCUT2D eigenvalue weighted by atomic mass is 9.87. The van der Waals surface area contributed by atoms with Gasteiger partial charge in [0.2, 0.25) is 0 Å². The molecule has 2 rings (SSSR count). The molecule has 0 unspecified atom stereocenters. The van der Waals surface area contributed by atoms with E-state index in [1.54, 1.807) is 12.1 Å². The van der Waals surface area contributed by atoms with Crippen LogP contribution in [0.15, 0.2) is 48.5 Å². The highest BCUT2D eigenvalue weighted by atomic mass is 19.1. The van der Waals surface area contributed by atoms with Crippen LogP contribution in [0.4, 0.5) is 4.39 Å². The van der Waals surface area contributed by atoms with Crippen LogP contribution in [0.1, 0.15) is 26.3 Å². The molecule has 0 aliphatic carbocycles. The summed E-state index contributed by atoms with van der Waals surface area (Å²) >= 11 is 0. The van der Waals surface area contributed by atoms with Crippen molar-refractivity contribution in [1.82, 2.24) is 0 Å². The minimum absolute atomic E-state index is 0.189. The van der Waals surface area contributed by atoms with Gasteiger partial charge >= 0.3 is 0 Å². The molecule has 0 aliphatic heterocycles. The molecule has 0 atom stereocenters. The first kappa shape index (κ1) is 12.8. The van der Waals surface area contributed by atoms with E-state index in [0.717, 1.165) is 17.5 Å². The van der Waals surface area contributed by atoms with Crippen LogP contribution in [-0.2, 0) is 6.42 Å². The number of benzene rings is 2. The molecule has 0 fully saturated rings. The Hall–Kier alpha value is -1.63. The van der Waals surface area contributed by atoms with Gasteiger partial charge in [-0.25, -0.2) is 4.39 Å². The largest absolute Gasteiger partial charge is 0.207 e. The Labute approximate surface area is 108 Å². The van der Waals surface area contributed by atoms with E-state index in [1.165, 1.54) is 11.6 Å². The van der Waals surface area contributed by atoms with Crippen molar-refractivity contribution in [2.24, 2.45) is 5.41 Å². The third-order valence-corrected chi connectivity index (χ3v) is 2.85. The van der Waals surface area contributed by atoms with Crippen LogP contribution in [-0.4, -0.2) is 0 Å². The van der Waals surface area contributed by atoms with E-state index in [4.69, 9.17) is 0 Å². The van der Waals surface area contributed by atoms with Crippen molar-refractivity contribution in [3.05, 3.63) is 59.9 Å². The molecule has 1 heteroatoms. The Balaban J connectivity index is 2.22. The molecule has 18 heavy (non-hydrogen) atoms. The summed E-state index contributed by atoms with van der Waals surface area (Å²) in [7, 11) is 0. The number of hydrogen-bond acceptors (Lipinski definition) is 0. The average Bonchev–Trinajstić information content (AvgIpc) is 2.28. The normalized spacial score (nSPS) is 11.6. The monoisotopic (exact) mass is 242 g/mol. The highest BCUT2D eigenvalue weighted by molar-refractivity contribution is 5.63. The third-order valence-electron chi connectivity index (χ3n) is 2.85. The highest BCUT2D eigenvalue weighted by Gasteiger charge is 2.11. The predicted octanol–water partition coefficient (Wildman–Crippen LogP) is 5.08. The van der Waals surface area contributed by atoms with Crippen LogP contribution in [0.5, 0.6) is 0 Å². The summed E-state index contributed by atoms with van der Waals surface area (Å²) in [6.45, 7) is 6.69. The Kier molecular flexibility index (Phi) is 3.51. The van der Waals surface area contributed by atoms with E-state index in [9.17, 15) is 4.39 Å². The second kappa shape index (κ2) is 4.93. The molecule has 0 N–H and O–H groups in total. The number of rotatable bonds is 2. The van der Waals surface area contributed by atoms with E-state index < -0.39 is 0 Å². The number of hydrogen-bond donors (Lipinski definition) is 0. The first-order chi connectivity index (χ1) is 8.44. The van der Waals surface area contributed by atoms with Crippen molar-refractivity contribution in [2.75, 3.05) is 0 Å². The molecular formula is C17H19F. The Morgan fingerprint density at radius 1 is 0.889 bits per heavy atom. The zero-order chi connectivity index (χ0) is 13.2. The van der Waals surface area contributed by atoms with Gasteiger partial charge in [-0.1, -0.05) is 57.2 Å². The van der Waals surface area contributed by atoms with Gasteiger partial charge in [-0.2, -0.15) is 0 Å². The van der Waals surface area contributed by atoms with Crippen LogP contribution in [0.25, 0.3) is 11.1 Å². The summed E-state index contributed by atoms with van der Waals surface area (Å²) in [5, 5.41) is 0. The minimum Gasteiger partial charge on any atom is -0.207 e. The minimum atomic E-state index is -0.189. The molecule has 0 bridgehead atoms. The third kappa shape index (κ3) is 3.43. The molecule has 0 aromatic heterocycles. The van der Waals surface area contributed by atoms with Gasteiger partial charge in [0.15, 0.2) is 0 Å². The van der Waals surface area contributed by atoms with Gasteiger partial charge in [-0.05, 0) is 40.7 Å². The summed E-state index contributed by atoms with van der Waals surface area (Å²) in [5.74, 6) is -0.189. The average molecular weight is 242 g/mol. The molecule has 0 saturated carbocycles. The molecule has 0 radical (unpaired) electrons. The lowest BCUT2D eigenvalue weighted by molar-refractivity contribution is 0.411. The summed E-state index contributed by atoms with van der Waals surface area (Å²) in [6, 6.07) is 15.1. The fourth-order valence-electron chi connectivity index (χ4n) is 2.10. The van der Waals surface area contributed by atoms with Gasteiger partial charge in [0.1, 0.15) is 5.82 Å². The smallest absolute Gasteiger partial charge is 0.123 e. The van der Waals surface area contributed by atoms with Crippen molar-refractivity contribution in [2.45, 2.75) is 27.2 Å². The maximum absolute atomic E-state index is 13.2. The van der Waals surface area contributed by atoms with E-state index >= 15 is 0 Å². The molecule has 0 nitrogen and oxygen atoms in total. The van der Waals surface area contributed by atoms with E-state index in [2.05, 4.69) is 45.0 Å². The van der Waals surface area contributed by atoms with Crippen LogP contribution < -0.4 is 0 Å². The van der Waals surface area contributed by atoms with Gasteiger partial charge in [-0.3, -0.25) is 0 Å². The van der Waals surface area contributed by atoms with Gasteiger partial charge in [0.05, 0.1) is 0 Å². The predicted molar refractivity (Wildman–Crippen MR) is 75.0 cm³/mol. The standard InChI is InChI=1S/C17H19F/c1-17(2,3)12-13-7-9-14(10-8-13)15-5-4-6-16(18)11-15/h4-11H,12H2,1-3H3. The van der Waals surface area contributed by atoms with Crippen LogP contribution in [0.2, 0.25) is 0 Å². The quantitative estimate of drug-likeness (QED) is 0.688. The van der Waals surface area contributed by atoms with Crippen molar-refractivity contribution >= 4 is 0 Å². The first-order valence-electron chi connectivity index (χ1n) is 6.29. The second-order valence-corrected chi connectivity index (χ2v) is 5.94. The molecule has 0 aliphatic rings. The Morgan fingerprint density at radius 3 is 2.11 bits per heavy atom. The van der Waals surface area contributed by atoms with Gasteiger partial charge < -0.3 is 0 Å². The van der Waals surface area contributed by atoms with Crippen LogP contribution in [0.3, 0.4) is 0 Å². The van der Waals surface area contributed by atoms with E-state index in [0.29, 0.717) is 5.41 Å². The topological polar surface area (TPSA) is 0 Å². The van der Waals surface area contributed by atoms with Crippen molar-refractivity contribution in [3.8, 4) is 11.1 Å². The number of halogens is 1. The summed E-state index contributed by atoms with van der Waals surface area (Å²) in [4.78, 5) is 0. The molecule has 0 spiro atoms. The Morgan fingerprint density at radius 2 is 1.56 bits per heavy atom. The van der Waals surface area contributed by atoms with Crippen LogP contribution in [0, 0.1) is 11.2 Å².